The van der Waals surface area contributed by atoms with Crippen LogP contribution in [0.1, 0.15) is 22.3 Å². The van der Waals surface area contributed by atoms with Crippen molar-refractivity contribution in [2.45, 2.75) is 18.2 Å². The molecule has 1 fully saturated rings. The molecule has 1 amide bonds. The van der Waals surface area contributed by atoms with Crippen molar-refractivity contribution >= 4 is 27.5 Å². The van der Waals surface area contributed by atoms with E-state index >= 15 is 0 Å². The summed E-state index contributed by atoms with van der Waals surface area (Å²) in [7, 11) is -2.22. The Morgan fingerprint density at radius 3 is 2.54 bits per heavy atom. The first-order valence-electron chi connectivity index (χ1n) is 9.02. The second-order valence-corrected chi connectivity index (χ2v) is 9.06. The average Bonchev–Trinajstić information content (AvgIpc) is 2.94. The number of hydrogen-bond donors (Lipinski definition) is 0. The maximum absolute atomic E-state index is 13.0. The lowest BCUT2D eigenvalue weighted by Gasteiger charge is -2.22. The molecule has 0 N–H and O–H groups in total. The number of ether oxygens (including phenoxy) is 1. The lowest BCUT2D eigenvalue weighted by molar-refractivity contribution is 0.0764. The number of methoxy groups -OCH3 is 1. The summed E-state index contributed by atoms with van der Waals surface area (Å²) in [5, 5.41) is 0.245. The van der Waals surface area contributed by atoms with E-state index in [0.717, 1.165) is 5.56 Å². The van der Waals surface area contributed by atoms with Gasteiger partial charge in [0.05, 0.1) is 17.0 Å². The van der Waals surface area contributed by atoms with Crippen LogP contribution in [0.3, 0.4) is 0 Å². The zero-order chi connectivity index (χ0) is 20.3. The lowest BCUT2D eigenvalue weighted by atomic mass is 10.1. The Kier molecular flexibility index (Phi) is 6.27. The van der Waals surface area contributed by atoms with E-state index in [1.54, 1.807) is 17.0 Å². The SMILES string of the molecule is COc1ccc(S(=O)(=O)N2CCCN(C(=O)c3cccc(C)c3)CC2)cc1Cl. The van der Waals surface area contributed by atoms with E-state index in [1.165, 1.54) is 23.5 Å². The van der Waals surface area contributed by atoms with Gasteiger partial charge in [-0.05, 0) is 43.7 Å². The second-order valence-electron chi connectivity index (χ2n) is 6.72. The van der Waals surface area contributed by atoms with Crippen molar-refractivity contribution in [3.63, 3.8) is 0 Å². The number of sulfonamides is 1. The van der Waals surface area contributed by atoms with E-state index in [9.17, 15) is 13.2 Å². The van der Waals surface area contributed by atoms with Crippen LogP contribution in [0.4, 0.5) is 0 Å². The molecule has 28 heavy (non-hydrogen) atoms. The molecule has 0 saturated carbocycles. The first-order valence-corrected chi connectivity index (χ1v) is 10.8. The van der Waals surface area contributed by atoms with Crippen molar-refractivity contribution in [2.75, 3.05) is 33.3 Å². The highest BCUT2D eigenvalue weighted by Crippen LogP contribution is 2.28. The number of benzene rings is 2. The molecule has 0 aromatic heterocycles. The van der Waals surface area contributed by atoms with Gasteiger partial charge in [0.15, 0.2) is 0 Å². The second kappa shape index (κ2) is 8.51. The van der Waals surface area contributed by atoms with Crippen LogP contribution in [0, 0.1) is 6.92 Å². The van der Waals surface area contributed by atoms with Crippen LogP contribution in [0.25, 0.3) is 0 Å². The summed E-state index contributed by atoms with van der Waals surface area (Å²) in [5.41, 5.74) is 1.64. The van der Waals surface area contributed by atoms with Gasteiger partial charge in [0, 0.05) is 31.7 Å². The summed E-state index contributed by atoms with van der Waals surface area (Å²) < 4.78 is 32.5. The lowest BCUT2D eigenvalue weighted by Crippen LogP contribution is -2.37. The van der Waals surface area contributed by atoms with Crippen molar-refractivity contribution in [3.8, 4) is 5.75 Å². The number of carbonyl (C=O) groups is 1. The third-order valence-corrected chi connectivity index (χ3v) is 6.96. The van der Waals surface area contributed by atoms with Crippen molar-refractivity contribution in [1.82, 2.24) is 9.21 Å². The normalized spacial score (nSPS) is 15.9. The zero-order valence-corrected chi connectivity index (χ0v) is 17.5. The molecular formula is C20H23ClN2O4S. The van der Waals surface area contributed by atoms with Crippen LogP contribution < -0.4 is 4.74 Å². The molecule has 0 atom stereocenters. The number of halogens is 1. The Morgan fingerprint density at radius 1 is 1.07 bits per heavy atom. The minimum absolute atomic E-state index is 0.0737. The van der Waals surface area contributed by atoms with Gasteiger partial charge in [-0.2, -0.15) is 4.31 Å². The quantitative estimate of drug-likeness (QED) is 0.758. The van der Waals surface area contributed by atoms with E-state index in [0.29, 0.717) is 37.4 Å². The van der Waals surface area contributed by atoms with Crippen LogP contribution in [-0.2, 0) is 10.0 Å². The molecule has 0 spiro atoms. The average molecular weight is 423 g/mol. The predicted octanol–water partition coefficient (Wildman–Crippen LogP) is 3.19. The Bertz CT molecular complexity index is 978. The Morgan fingerprint density at radius 2 is 1.86 bits per heavy atom. The maximum atomic E-state index is 13.0. The molecule has 1 saturated heterocycles. The highest BCUT2D eigenvalue weighted by Gasteiger charge is 2.29. The van der Waals surface area contributed by atoms with Gasteiger partial charge in [0.1, 0.15) is 5.75 Å². The molecule has 3 rings (SSSR count). The first kappa shape index (κ1) is 20.6. The third kappa shape index (κ3) is 4.32. The fourth-order valence-electron chi connectivity index (χ4n) is 3.25. The fraction of sp³-hybridized carbons (Fsp3) is 0.350. The number of rotatable bonds is 4. The van der Waals surface area contributed by atoms with E-state index in [-0.39, 0.29) is 22.4 Å². The molecule has 150 valence electrons. The van der Waals surface area contributed by atoms with E-state index < -0.39 is 10.0 Å². The van der Waals surface area contributed by atoms with Crippen LogP contribution in [0.15, 0.2) is 47.4 Å². The van der Waals surface area contributed by atoms with Gasteiger partial charge in [-0.1, -0.05) is 29.3 Å². The summed E-state index contributed by atoms with van der Waals surface area (Å²) in [6.45, 7) is 3.39. The summed E-state index contributed by atoms with van der Waals surface area (Å²) in [4.78, 5) is 14.6. The van der Waals surface area contributed by atoms with Gasteiger partial charge >= 0.3 is 0 Å². The first-order chi connectivity index (χ1) is 13.3. The van der Waals surface area contributed by atoms with E-state index in [2.05, 4.69) is 0 Å². The van der Waals surface area contributed by atoms with Gasteiger partial charge < -0.3 is 9.64 Å². The van der Waals surface area contributed by atoms with Crippen LogP contribution in [0.5, 0.6) is 5.75 Å². The maximum Gasteiger partial charge on any atom is 0.253 e. The number of hydrogen-bond acceptors (Lipinski definition) is 4. The monoisotopic (exact) mass is 422 g/mol. The molecule has 0 radical (unpaired) electrons. The molecule has 1 aliphatic rings. The van der Waals surface area contributed by atoms with Gasteiger partial charge in [0.25, 0.3) is 5.91 Å². The summed E-state index contributed by atoms with van der Waals surface area (Å²) in [6.07, 6.45) is 0.570. The molecule has 1 aliphatic heterocycles. The standard InChI is InChI=1S/C20H23ClN2O4S/c1-15-5-3-6-16(13-15)20(24)22-9-4-10-23(12-11-22)28(25,26)17-7-8-19(27-2)18(21)14-17/h3,5-8,13-14H,4,9-12H2,1-2H3. The van der Waals surface area contributed by atoms with Gasteiger partial charge in [0.2, 0.25) is 10.0 Å². The number of nitrogens with zero attached hydrogens (tertiary/aromatic N) is 2. The van der Waals surface area contributed by atoms with E-state index in [1.807, 2.05) is 25.1 Å². The molecular weight excluding hydrogens is 400 g/mol. The molecule has 8 heteroatoms. The van der Waals surface area contributed by atoms with Crippen molar-refractivity contribution in [3.05, 3.63) is 58.6 Å². The van der Waals surface area contributed by atoms with Gasteiger partial charge in [-0.15, -0.1) is 0 Å². The molecule has 6 nitrogen and oxygen atoms in total. The Hall–Kier alpha value is -2.09. The minimum Gasteiger partial charge on any atom is -0.495 e. The highest BCUT2D eigenvalue weighted by atomic mass is 35.5. The summed E-state index contributed by atoms with van der Waals surface area (Å²) in [5.74, 6) is 0.349. The van der Waals surface area contributed by atoms with E-state index in [4.69, 9.17) is 16.3 Å². The predicted molar refractivity (Wildman–Crippen MR) is 108 cm³/mol. The van der Waals surface area contributed by atoms with Crippen molar-refractivity contribution in [1.29, 1.82) is 0 Å². The summed E-state index contributed by atoms with van der Waals surface area (Å²) in [6, 6.07) is 11.9. The van der Waals surface area contributed by atoms with Gasteiger partial charge in [-0.25, -0.2) is 8.42 Å². The zero-order valence-electron chi connectivity index (χ0n) is 15.9. The Labute approximate surface area is 170 Å². The smallest absolute Gasteiger partial charge is 0.253 e. The van der Waals surface area contributed by atoms with Crippen molar-refractivity contribution in [2.24, 2.45) is 0 Å². The van der Waals surface area contributed by atoms with Gasteiger partial charge in [-0.3, -0.25) is 4.79 Å². The summed E-state index contributed by atoms with van der Waals surface area (Å²) >= 11 is 6.09. The minimum atomic E-state index is -3.70. The number of aryl methyl sites for hydroxylation is 1. The Balaban J connectivity index is 1.75. The number of amides is 1. The third-order valence-electron chi connectivity index (χ3n) is 4.77. The molecule has 0 bridgehead atoms. The molecule has 2 aromatic rings. The molecule has 1 heterocycles. The van der Waals surface area contributed by atoms with Crippen LogP contribution >= 0.6 is 11.6 Å². The molecule has 2 aromatic carbocycles. The highest BCUT2D eigenvalue weighted by molar-refractivity contribution is 7.89. The largest absolute Gasteiger partial charge is 0.495 e. The fourth-order valence-corrected chi connectivity index (χ4v) is 5.07. The number of carbonyl (C=O) groups excluding carboxylic acids is 1. The van der Waals surface area contributed by atoms with Crippen LogP contribution in [-0.4, -0.2) is 56.8 Å². The van der Waals surface area contributed by atoms with Crippen LogP contribution in [0.2, 0.25) is 5.02 Å². The molecule has 0 aliphatic carbocycles. The van der Waals surface area contributed by atoms with Crippen molar-refractivity contribution < 1.29 is 17.9 Å². The topological polar surface area (TPSA) is 66.9 Å². The molecule has 0 unspecified atom stereocenters.